The predicted octanol–water partition coefficient (Wildman–Crippen LogP) is 2.74. The fourth-order valence-corrected chi connectivity index (χ4v) is 1.98. The molecule has 1 amide bonds. The molecule has 0 N–H and O–H groups in total. The molecule has 0 atom stereocenters. The van der Waals surface area contributed by atoms with Crippen molar-refractivity contribution < 1.29 is 9.18 Å². The fraction of sp³-hybridized carbons (Fsp3) is 0.429. The number of carbonyl (C=O) groups is 1. The Morgan fingerprint density at radius 2 is 2.16 bits per heavy atom. The van der Waals surface area contributed by atoms with Gasteiger partial charge in [-0.3, -0.25) is 4.79 Å². The number of rotatable bonds is 5. The van der Waals surface area contributed by atoms with E-state index in [2.05, 4.69) is 11.9 Å². The number of carbonyl (C=O) groups excluding carboxylic acids is 1. The van der Waals surface area contributed by atoms with Gasteiger partial charge in [0.15, 0.2) is 0 Å². The van der Waals surface area contributed by atoms with Crippen molar-refractivity contribution in [3.05, 3.63) is 36.0 Å². The smallest absolute Gasteiger partial charge is 0.274 e. The van der Waals surface area contributed by atoms with Crippen LogP contribution in [-0.4, -0.2) is 33.3 Å². The topological polar surface area (TPSA) is 37.6 Å². The van der Waals surface area contributed by atoms with Crippen molar-refractivity contribution in [1.29, 1.82) is 0 Å². The highest BCUT2D eigenvalue weighted by Crippen LogP contribution is 2.10. The van der Waals surface area contributed by atoms with Crippen LogP contribution in [0.1, 0.15) is 37.2 Å². The summed E-state index contributed by atoms with van der Waals surface area (Å²) in [6.45, 7) is 5.42. The number of unbranched alkanes of at least 4 members (excludes halogenated alkanes) is 1. The molecular weight excluding hydrogens is 245 g/mol. The molecule has 19 heavy (non-hydrogen) atoms. The third-order valence-corrected chi connectivity index (χ3v) is 3.08. The van der Waals surface area contributed by atoms with Gasteiger partial charge in [-0.2, -0.15) is 0 Å². The van der Waals surface area contributed by atoms with Crippen molar-refractivity contribution in [2.75, 3.05) is 13.1 Å². The SMILES string of the molecule is CCCCN(CC)C(=O)c1cn2cc(F)ccc2n1. The van der Waals surface area contributed by atoms with E-state index in [1.54, 1.807) is 17.2 Å². The minimum atomic E-state index is -0.345. The first-order valence-electron chi connectivity index (χ1n) is 6.59. The molecule has 2 aromatic rings. The number of hydrogen-bond acceptors (Lipinski definition) is 2. The number of hydrogen-bond donors (Lipinski definition) is 0. The lowest BCUT2D eigenvalue weighted by atomic mass is 10.3. The molecule has 0 saturated carbocycles. The molecule has 0 saturated heterocycles. The highest BCUT2D eigenvalue weighted by Gasteiger charge is 2.17. The molecule has 0 bridgehead atoms. The Balaban J connectivity index is 2.24. The van der Waals surface area contributed by atoms with Crippen LogP contribution in [0.25, 0.3) is 5.65 Å². The first-order chi connectivity index (χ1) is 9.15. The standard InChI is InChI=1S/C14H18FN3O/c1-3-5-8-17(4-2)14(19)12-10-18-9-11(15)6-7-13(18)16-12/h6-7,9-10H,3-5,8H2,1-2H3. The normalized spacial score (nSPS) is 10.9. The van der Waals surface area contributed by atoms with Gasteiger partial charge in [-0.05, 0) is 25.5 Å². The van der Waals surface area contributed by atoms with Gasteiger partial charge >= 0.3 is 0 Å². The van der Waals surface area contributed by atoms with Gasteiger partial charge in [-0.1, -0.05) is 13.3 Å². The molecule has 0 spiro atoms. The van der Waals surface area contributed by atoms with Gasteiger partial charge < -0.3 is 9.30 Å². The largest absolute Gasteiger partial charge is 0.338 e. The highest BCUT2D eigenvalue weighted by molar-refractivity contribution is 5.92. The van der Waals surface area contributed by atoms with Gasteiger partial charge in [0.25, 0.3) is 5.91 Å². The molecule has 0 aliphatic heterocycles. The van der Waals surface area contributed by atoms with Crippen molar-refractivity contribution in [1.82, 2.24) is 14.3 Å². The van der Waals surface area contributed by atoms with Crippen LogP contribution < -0.4 is 0 Å². The van der Waals surface area contributed by atoms with E-state index in [1.165, 1.54) is 16.7 Å². The van der Waals surface area contributed by atoms with Gasteiger partial charge in [0.2, 0.25) is 0 Å². The monoisotopic (exact) mass is 263 g/mol. The van der Waals surface area contributed by atoms with Crippen LogP contribution in [0.15, 0.2) is 24.5 Å². The second-order valence-electron chi connectivity index (χ2n) is 4.48. The molecule has 2 rings (SSSR count). The van der Waals surface area contributed by atoms with E-state index in [4.69, 9.17) is 0 Å². The maximum Gasteiger partial charge on any atom is 0.274 e. The molecule has 0 fully saturated rings. The van der Waals surface area contributed by atoms with Crippen LogP contribution in [0.2, 0.25) is 0 Å². The number of pyridine rings is 1. The van der Waals surface area contributed by atoms with E-state index in [9.17, 15) is 9.18 Å². The molecule has 4 nitrogen and oxygen atoms in total. The molecule has 0 radical (unpaired) electrons. The number of fused-ring (bicyclic) bond motifs is 1. The van der Waals surface area contributed by atoms with Crippen molar-refractivity contribution in [3.8, 4) is 0 Å². The summed E-state index contributed by atoms with van der Waals surface area (Å²) in [5, 5.41) is 0. The average molecular weight is 263 g/mol. The maximum absolute atomic E-state index is 13.1. The summed E-state index contributed by atoms with van der Waals surface area (Å²) in [7, 11) is 0. The minimum absolute atomic E-state index is 0.0972. The number of nitrogens with zero attached hydrogens (tertiary/aromatic N) is 3. The molecular formula is C14H18FN3O. The lowest BCUT2D eigenvalue weighted by Gasteiger charge is -2.19. The number of aromatic nitrogens is 2. The molecule has 0 aliphatic carbocycles. The Hall–Kier alpha value is -1.91. The lowest BCUT2D eigenvalue weighted by Crippen LogP contribution is -2.31. The predicted molar refractivity (Wildman–Crippen MR) is 71.6 cm³/mol. The van der Waals surface area contributed by atoms with E-state index >= 15 is 0 Å². The van der Waals surface area contributed by atoms with Crippen LogP contribution in [-0.2, 0) is 0 Å². The van der Waals surface area contributed by atoms with Crippen molar-refractivity contribution >= 4 is 11.6 Å². The molecule has 5 heteroatoms. The first kappa shape index (κ1) is 13.5. The van der Waals surface area contributed by atoms with Gasteiger partial charge in [0.05, 0.1) is 0 Å². The summed E-state index contributed by atoms with van der Waals surface area (Å²) in [4.78, 5) is 18.3. The summed E-state index contributed by atoms with van der Waals surface area (Å²) >= 11 is 0. The molecule has 2 aromatic heterocycles. The average Bonchev–Trinajstić information content (AvgIpc) is 2.82. The van der Waals surface area contributed by atoms with E-state index in [1.807, 2.05) is 6.92 Å². The van der Waals surface area contributed by atoms with E-state index in [0.717, 1.165) is 19.4 Å². The van der Waals surface area contributed by atoms with Gasteiger partial charge in [-0.15, -0.1) is 0 Å². The Kier molecular flexibility index (Phi) is 4.14. The Morgan fingerprint density at radius 1 is 1.37 bits per heavy atom. The van der Waals surface area contributed by atoms with Crippen molar-refractivity contribution in [2.24, 2.45) is 0 Å². The third kappa shape index (κ3) is 2.92. The Labute approximate surface area is 111 Å². The maximum atomic E-state index is 13.1. The van der Waals surface area contributed by atoms with Crippen LogP contribution >= 0.6 is 0 Å². The third-order valence-electron chi connectivity index (χ3n) is 3.08. The number of halogens is 1. The Bertz CT molecular complexity index is 579. The van der Waals surface area contributed by atoms with Gasteiger partial charge in [0.1, 0.15) is 17.2 Å². The molecule has 0 aromatic carbocycles. The molecule has 102 valence electrons. The van der Waals surface area contributed by atoms with Gasteiger partial charge in [0, 0.05) is 25.5 Å². The number of amides is 1. The molecule has 0 unspecified atom stereocenters. The molecule has 0 aliphatic rings. The highest BCUT2D eigenvalue weighted by atomic mass is 19.1. The zero-order chi connectivity index (χ0) is 13.8. The van der Waals surface area contributed by atoms with E-state index in [0.29, 0.717) is 17.9 Å². The summed E-state index contributed by atoms with van der Waals surface area (Å²) in [5.74, 6) is -0.442. The van der Waals surface area contributed by atoms with E-state index < -0.39 is 0 Å². The summed E-state index contributed by atoms with van der Waals surface area (Å²) in [6.07, 6.45) is 4.92. The fourth-order valence-electron chi connectivity index (χ4n) is 1.98. The lowest BCUT2D eigenvalue weighted by molar-refractivity contribution is 0.0757. The van der Waals surface area contributed by atoms with Crippen LogP contribution in [0, 0.1) is 5.82 Å². The second-order valence-corrected chi connectivity index (χ2v) is 4.48. The first-order valence-corrected chi connectivity index (χ1v) is 6.59. The second kappa shape index (κ2) is 5.82. The van der Waals surface area contributed by atoms with E-state index in [-0.39, 0.29) is 11.7 Å². The summed E-state index contributed by atoms with van der Waals surface area (Å²) in [6, 6.07) is 2.90. The van der Waals surface area contributed by atoms with Crippen molar-refractivity contribution in [3.63, 3.8) is 0 Å². The number of imidazole rings is 1. The van der Waals surface area contributed by atoms with Gasteiger partial charge in [-0.25, -0.2) is 9.37 Å². The Morgan fingerprint density at radius 3 is 2.84 bits per heavy atom. The molecule has 2 heterocycles. The van der Waals surface area contributed by atoms with Crippen LogP contribution in [0.3, 0.4) is 0 Å². The quantitative estimate of drug-likeness (QED) is 0.831. The van der Waals surface area contributed by atoms with Crippen LogP contribution in [0.4, 0.5) is 4.39 Å². The summed E-state index contributed by atoms with van der Waals surface area (Å²) in [5.41, 5.74) is 0.944. The van der Waals surface area contributed by atoms with Crippen LogP contribution in [0.5, 0.6) is 0 Å². The van der Waals surface area contributed by atoms with Crippen molar-refractivity contribution in [2.45, 2.75) is 26.7 Å². The zero-order valence-electron chi connectivity index (χ0n) is 11.3. The minimum Gasteiger partial charge on any atom is -0.338 e. The summed E-state index contributed by atoms with van der Waals surface area (Å²) < 4.78 is 14.6. The zero-order valence-corrected chi connectivity index (χ0v) is 11.3.